The SMILES string of the molecule is CCCN(CC(F)(F)F)c1ccc(Cl)cc1/C=C/C(=O)O. The Morgan fingerprint density at radius 3 is 2.62 bits per heavy atom. The van der Waals surface area contributed by atoms with Crippen LogP contribution in [0.2, 0.25) is 5.02 Å². The number of anilines is 1. The monoisotopic (exact) mass is 321 g/mol. The van der Waals surface area contributed by atoms with Gasteiger partial charge in [-0.05, 0) is 36.3 Å². The molecule has 0 aliphatic rings. The van der Waals surface area contributed by atoms with Crippen molar-refractivity contribution in [2.24, 2.45) is 0 Å². The molecule has 0 radical (unpaired) electrons. The molecule has 1 aromatic carbocycles. The summed E-state index contributed by atoms with van der Waals surface area (Å²) >= 11 is 5.82. The first-order valence-electron chi connectivity index (χ1n) is 6.25. The van der Waals surface area contributed by atoms with Crippen molar-refractivity contribution in [3.8, 4) is 0 Å². The molecule has 0 heterocycles. The van der Waals surface area contributed by atoms with Crippen LogP contribution in [0.1, 0.15) is 18.9 Å². The molecule has 0 saturated carbocycles. The lowest BCUT2D eigenvalue weighted by Crippen LogP contribution is -2.35. The first-order chi connectivity index (χ1) is 9.73. The molecule has 0 aliphatic carbocycles. The molecular formula is C14H15ClF3NO2. The topological polar surface area (TPSA) is 40.5 Å². The van der Waals surface area contributed by atoms with Crippen molar-refractivity contribution in [1.82, 2.24) is 0 Å². The molecule has 3 nitrogen and oxygen atoms in total. The smallest absolute Gasteiger partial charge is 0.405 e. The van der Waals surface area contributed by atoms with Crippen molar-refractivity contribution >= 4 is 29.3 Å². The quantitative estimate of drug-likeness (QED) is 0.798. The van der Waals surface area contributed by atoms with Crippen LogP contribution in [-0.2, 0) is 4.79 Å². The third kappa shape index (κ3) is 6.08. The number of carboxylic acids is 1. The number of carbonyl (C=O) groups is 1. The van der Waals surface area contributed by atoms with Gasteiger partial charge in [-0.1, -0.05) is 18.5 Å². The average Bonchev–Trinajstić information content (AvgIpc) is 2.34. The molecule has 0 bridgehead atoms. The summed E-state index contributed by atoms with van der Waals surface area (Å²) in [4.78, 5) is 11.7. The standard InChI is InChI=1S/C14H15ClF3NO2/c1-2-7-19(9-14(16,17)18)12-5-4-11(15)8-10(12)3-6-13(20)21/h3-6,8H,2,7,9H2,1H3,(H,20,21)/b6-3+. The minimum atomic E-state index is -4.34. The fourth-order valence-electron chi connectivity index (χ4n) is 1.88. The van der Waals surface area contributed by atoms with Crippen LogP contribution < -0.4 is 4.90 Å². The number of aliphatic carboxylic acids is 1. The molecule has 116 valence electrons. The Morgan fingerprint density at radius 2 is 2.10 bits per heavy atom. The van der Waals surface area contributed by atoms with E-state index < -0.39 is 18.7 Å². The van der Waals surface area contributed by atoms with Gasteiger partial charge in [0.25, 0.3) is 0 Å². The second kappa shape index (κ2) is 7.36. The van der Waals surface area contributed by atoms with E-state index in [2.05, 4.69) is 0 Å². The highest BCUT2D eigenvalue weighted by Crippen LogP contribution is 2.29. The Bertz CT molecular complexity index is 529. The van der Waals surface area contributed by atoms with Gasteiger partial charge in [-0.2, -0.15) is 13.2 Å². The molecule has 1 aromatic rings. The van der Waals surface area contributed by atoms with Gasteiger partial charge in [-0.15, -0.1) is 0 Å². The zero-order valence-corrected chi connectivity index (χ0v) is 12.1. The summed E-state index contributed by atoms with van der Waals surface area (Å²) in [6, 6.07) is 4.38. The van der Waals surface area contributed by atoms with Crippen LogP contribution in [0.5, 0.6) is 0 Å². The Kier molecular flexibility index (Phi) is 6.08. The number of nitrogens with zero attached hydrogens (tertiary/aromatic N) is 1. The summed E-state index contributed by atoms with van der Waals surface area (Å²) in [5, 5.41) is 8.98. The van der Waals surface area contributed by atoms with Gasteiger partial charge >= 0.3 is 12.1 Å². The van der Waals surface area contributed by atoms with Crippen LogP contribution in [0.25, 0.3) is 6.08 Å². The third-order valence-corrected chi connectivity index (χ3v) is 2.83. The van der Waals surface area contributed by atoms with E-state index in [4.69, 9.17) is 16.7 Å². The Labute approximate surface area is 125 Å². The summed E-state index contributed by atoms with van der Waals surface area (Å²) in [6.07, 6.45) is -1.71. The van der Waals surface area contributed by atoms with Crippen molar-refractivity contribution in [2.45, 2.75) is 19.5 Å². The Hall–Kier alpha value is -1.69. The molecule has 1 rings (SSSR count). The molecule has 0 atom stereocenters. The first-order valence-corrected chi connectivity index (χ1v) is 6.63. The number of hydrogen-bond donors (Lipinski definition) is 1. The van der Waals surface area contributed by atoms with Crippen LogP contribution in [0, 0.1) is 0 Å². The fourth-order valence-corrected chi connectivity index (χ4v) is 2.06. The van der Waals surface area contributed by atoms with Crippen molar-refractivity contribution in [2.75, 3.05) is 18.0 Å². The molecule has 0 unspecified atom stereocenters. The lowest BCUT2D eigenvalue weighted by atomic mass is 10.1. The second-order valence-electron chi connectivity index (χ2n) is 4.41. The number of rotatable bonds is 6. The molecule has 1 N–H and O–H groups in total. The second-order valence-corrected chi connectivity index (χ2v) is 4.85. The van der Waals surface area contributed by atoms with Gasteiger partial charge in [0.05, 0.1) is 0 Å². The number of alkyl halides is 3. The van der Waals surface area contributed by atoms with Crippen molar-refractivity contribution < 1.29 is 23.1 Å². The molecule has 0 fully saturated rings. The van der Waals surface area contributed by atoms with Crippen LogP contribution >= 0.6 is 11.6 Å². The molecule has 0 aromatic heterocycles. The fraction of sp³-hybridized carbons (Fsp3) is 0.357. The first kappa shape index (κ1) is 17.4. The third-order valence-electron chi connectivity index (χ3n) is 2.60. The zero-order valence-electron chi connectivity index (χ0n) is 11.3. The molecule has 7 heteroatoms. The highest BCUT2D eigenvalue weighted by molar-refractivity contribution is 6.30. The summed E-state index contributed by atoms with van der Waals surface area (Å²) < 4.78 is 38.0. The minimum absolute atomic E-state index is 0.203. The Balaban J connectivity index is 3.20. The van der Waals surface area contributed by atoms with E-state index in [9.17, 15) is 18.0 Å². The number of benzene rings is 1. The van der Waals surface area contributed by atoms with Gasteiger partial charge in [-0.25, -0.2) is 4.79 Å². The molecule has 0 spiro atoms. The molecule has 0 saturated heterocycles. The number of hydrogen-bond acceptors (Lipinski definition) is 2. The average molecular weight is 322 g/mol. The van der Waals surface area contributed by atoms with Crippen LogP contribution in [-0.4, -0.2) is 30.3 Å². The highest BCUT2D eigenvalue weighted by Gasteiger charge is 2.31. The van der Waals surface area contributed by atoms with Crippen LogP contribution in [0.3, 0.4) is 0 Å². The normalized spacial score (nSPS) is 11.9. The lowest BCUT2D eigenvalue weighted by Gasteiger charge is -2.27. The Morgan fingerprint density at radius 1 is 1.43 bits per heavy atom. The minimum Gasteiger partial charge on any atom is -0.478 e. The maximum Gasteiger partial charge on any atom is 0.405 e. The summed E-state index contributed by atoms with van der Waals surface area (Å²) in [6.45, 7) is 0.873. The molecule has 21 heavy (non-hydrogen) atoms. The maximum absolute atomic E-state index is 12.7. The van der Waals surface area contributed by atoms with Gasteiger partial charge in [0.2, 0.25) is 0 Å². The highest BCUT2D eigenvalue weighted by atomic mass is 35.5. The molecule has 0 amide bonds. The predicted molar refractivity (Wildman–Crippen MR) is 76.7 cm³/mol. The van der Waals surface area contributed by atoms with Crippen LogP contribution in [0.15, 0.2) is 24.3 Å². The van der Waals surface area contributed by atoms with Gasteiger partial charge in [0.15, 0.2) is 0 Å². The van der Waals surface area contributed by atoms with E-state index in [-0.39, 0.29) is 6.54 Å². The number of halogens is 4. The van der Waals surface area contributed by atoms with E-state index in [0.29, 0.717) is 22.7 Å². The summed E-state index contributed by atoms with van der Waals surface area (Å²) in [7, 11) is 0. The molecular weight excluding hydrogens is 307 g/mol. The molecule has 0 aliphatic heterocycles. The predicted octanol–water partition coefficient (Wildman–Crippen LogP) is 4.22. The summed E-state index contributed by atoms with van der Waals surface area (Å²) in [5.74, 6) is -1.18. The van der Waals surface area contributed by atoms with Gasteiger partial charge < -0.3 is 10.0 Å². The van der Waals surface area contributed by atoms with E-state index in [1.165, 1.54) is 24.3 Å². The zero-order chi connectivity index (χ0) is 16.0. The van der Waals surface area contributed by atoms with E-state index in [0.717, 1.165) is 11.0 Å². The van der Waals surface area contributed by atoms with Gasteiger partial charge in [0, 0.05) is 23.3 Å². The van der Waals surface area contributed by atoms with Crippen molar-refractivity contribution in [3.05, 3.63) is 34.9 Å². The summed E-state index contributed by atoms with van der Waals surface area (Å²) in [5.41, 5.74) is 0.638. The lowest BCUT2D eigenvalue weighted by molar-refractivity contribution is -0.131. The van der Waals surface area contributed by atoms with Crippen LogP contribution in [0.4, 0.5) is 18.9 Å². The largest absolute Gasteiger partial charge is 0.478 e. The maximum atomic E-state index is 12.7. The van der Waals surface area contributed by atoms with Crippen molar-refractivity contribution in [1.29, 1.82) is 0 Å². The van der Waals surface area contributed by atoms with Gasteiger partial charge in [0.1, 0.15) is 6.54 Å². The van der Waals surface area contributed by atoms with E-state index in [1.807, 2.05) is 0 Å². The van der Waals surface area contributed by atoms with E-state index >= 15 is 0 Å². The van der Waals surface area contributed by atoms with Gasteiger partial charge in [-0.3, -0.25) is 0 Å². The van der Waals surface area contributed by atoms with E-state index in [1.54, 1.807) is 6.92 Å². The van der Waals surface area contributed by atoms with Crippen molar-refractivity contribution in [3.63, 3.8) is 0 Å². The number of carboxylic acid groups (broad SMARTS) is 1.